The number of likely N-dealkylation sites (tertiary alicyclic amines) is 1. The van der Waals surface area contributed by atoms with Crippen LogP contribution in [0.5, 0.6) is 0 Å². The van der Waals surface area contributed by atoms with Gasteiger partial charge in [-0.05, 0) is 33.0 Å². The molecule has 3 heteroatoms. The van der Waals surface area contributed by atoms with Gasteiger partial charge in [-0.1, -0.05) is 5.92 Å². The standard InChI is InChI=1S/C11H20N2S/c1-3-9-14-10-8-13-6-4-11(12-2)5-7-13/h1,11-12H,4-10H2,2H3. The van der Waals surface area contributed by atoms with Gasteiger partial charge < -0.3 is 10.2 Å². The Bertz CT molecular complexity index is 180. The molecule has 1 fully saturated rings. The fraction of sp³-hybridized carbons (Fsp3) is 0.818. The molecule has 0 aliphatic carbocycles. The SMILES string of the molecule is C#CCSCCN1CCC(NC)CC1. The first-order valence-corrected chi connectivity index (χ1v) is 6.43. The zero-order valence-electron chi connectivity index (χ0n) is 8.96. The topological polar surface area (TPSA) is 15.3 Å². The summed E-state index contributed by atoms with van der Waals surface area (Å²) in [5.74, 6) is 4.69. The Hall–Kier alpha value is -0.170. The van der Waals surface area contributed by atoms with E-state index in [4.69, 9.17) is 6.42 Å². The maximum Gasteiger partial charge on any atom is 0.0545 e. The summed E-state index contributed by atoms with van der Waals surface area (Å²) in [4.78, 5) is 2.54. The average Bonchev–Trinajstić information content (AvgIpc) is 2.25. The number of hydrogen-bond donors (Lipinski definition) is 1. The molecule has 1 N–H and O–H groups in total. The van der Waals surface area contributed by atoms with Crippen LogP contribution in [0.15, 0.2) is 0 Å². The van der Waals surface area contributed by atoms with Gasteiger partial charge in [-0.15, -0.1) is 18.2 Å². The van der Waals surface area contributed by atoms with Crippen molar-refractivity contribution < 1.29 is 0 Å². The number of piperidine rings is 1. The molecule has 0 unspecified atom stereocenters. The van der Waals surface area contributed by atoms with Crippen molar-refractivity contribution >= 4 is 11.8 Å². The van der Waals surface area contributed by atoms with E-state index in [-0.39, 0.29) is 0 Å². The Morgan fingerprint density at radius 2 is 2.21 bits per heavy atom. The molecule has 0 radical (unpaired) electrons. The number of nitrogens with zero attached hydrogens (tertiary/aromatic N) is 1. The molecule has 0 aromatic heterocycles. The van der Waals surface area contributed by atoms with Crippen LogP contribution in [0.1, 0.15) is 12.8 Å². The Labute approximate surface area is 91.8 Å². The van der Waals surface area contributed by atoms with Crippen LogP contribution in [-0.4, -0.2) is 49.1 Å². The monoisotopic (exact) mass is 212 g/mol. The number of hydrogen-bond acceptors (Lipinski definition) is 3. The predicted molar refractivity (Wildman–Crippen MR) is 64.7 cm³/mol. The average molecular weight is 212 g/mol. The Morgan fingerprint density at radius 1 is 1.50 bits per heavy atom. The highest BCUT2D eigenvalue weighted by Gasteiger charge is 2.16. The minimum absolute atomic E-state index is 0.740. The molecule has 1 rings (SSSR count). The highest BCUT2D eigenvalue weighted by molar-refractivity contribution is 7.99. The summed E-state index contributed by atoms with van der Waals surface area (Å²) in [7, 11) is 2.06. The van der Waals surface area contributed by atoms with Crippen molar-refractivity contribution in [3.05, 3.63) is 0 Å². The van der Waals surface area contributed by atoms with Crippen molar-refractivity contribution in [3.8, 4) is 12.3 Å². The van der Waals surface area contributed by atoms with E-state index >= 15 is 0 Å². The van der Waals surface area contributed by atoms with Gasteiger partial charge in [0.15, 0.2) is 0 Å². The summed E-state index contributed by atoms with van der Waals surface area (Å²) >= 11 is 1.86. The maximum atomic E-state index is 5.19. The fourth-order valence-corrected chi connectivity index (χ4v) is 2.42. The van der Waals surface area contributed by atoms with Crippen LogP contribution in [0.3, 0.4) is 0 Å². The molecular weight excluding hydrogens is 192 g/mol. The second kappa shape index (κ2) is 7.17. The first-order valence-electron chi connectivity index (χ1n) is 5.27. The highest BCUT2D eigenvalue weighted by atomic mass is 32.2. The first kappa shape index (κ1) is 11.9. The van der Waals surface area contributed by atoms with E-state index in [0.29, 0.717) is 0 Å². The van der Waals surface area contributed by atoms with Gasteiger partial charge in [0.05, 0.1) is 5.75 Å². The van der Waals surface area contributed by atoms with E-state index in [1.807, 2.05) is 11.8 Å². The van der Waals surface area contributed by atoms with Gasteiger partial charge in [0.25, 0.3) is 0 Å². The molecular formula is C11H20N2S. The van der Waals surface area contributed by atoms with Crippen LogP contribution in [0, 0.1) is 12.3 Å². The van der Waals surface area contributed by atoms with Crippen molar-refractivity contribution in [1.29, 1.82) is 0 Å². The number of terminal acetylenes is 1. The summed E-state index contributed by atoms with van der Waals surface area (Å²) in [6.07, 6.45) is 7.77. The molecule has 0 aromatic carbocycles. The molecule has 0 amide bonds. The van der Waals surface area contributed by atoms with Crippen molar-refractivity contribution in [3.63, 3.8) is 0 Å². The van der Waals surface area contributed by atoms with Crippen molar-refractivity contribution in [2.45, 2.75) is 18.9 Å². The quantitative estimate of drug-likeness (QED) is 0.541. The molecule has 0 saturated carbocycles. The molecule has 0 atom stereocenters. The highest BCUT2D eigenvalue weighted by Crippen LogP contribution is 2.10. The zero-order chi connectivity index (χ0) is 10.2. The molecule has 1 heterocycles. The maximum absolute atomic E-state index is 5.19. The molecule has 1 aliphatic heterocycles. The number of rotatable bonds is 5. The third kappa shape index (κ3) is 4.36. The predicted octanol–water partition coefficient (Wildman–Crippen LogP) is 1.04. The third-order valence-electron chi connectivity index (χ3n) is 2.73. The fourth-order valence-electron chi connectivity index (χ4n) is 1.77. The van der Waals surface area contributed by atoms with Crippen molar-refractivity contribution in [2.24, 2.45) is 0 Å². The lowest BCUT2D eigenvalue weighted by Gasteiger charge is -2.31. The van der Waals surface area contributed by atoms with Gasteiger partial charge in [0.2, 0.25) is 0 Å². The van der Waals surface area contributed by atoms with Crippen LogP contribution in [-0.2, 0) is 0 Å². The van der Waals surface area contributed by atoms with Gasteiger partial charge in [0.1, 0.15) is 0 Å². The Morgan fingerprint density at radius 3 is 2.79 bits per heavy atom. The Kier molecular flexibility index (Phi) is 6.09. The summed E-state index contributed by atoms with van der Waals surface area (Å²) < 4.78 is 0. The van der Waals surface area contributed by atoms with Crippen molar-refractivity contribution in [2.75, 3.05) is 38.2 Å². The largest absolute Gasteiger partial charge is 0.317 e. The molecule has 0 spiro atoms. The Balaban J connectivity index is 2.02. The van der Waals surface area contributed by atoms with Crippen LogP contribution in [0.25, 0.3) is 0 Å². The van der Waals surface area contributed by atoms with Gasteiger partial charge in [-0.2, -0.15) is 0 Å². The van der Waals surface area contributed by atoms with E-state index in [1.54, 1.807) is 0 Å². The molecule has 14 heavy (non-hydrogen) atoms. The second-order valence-electron chi connectivity index (χ2n) is 3.66. The zero-order valence-corrected chi connectivity index (χ0v) is 9.78. The molecule has 0 bridgehead atoms. The van der Waals surface area contributed by atoms with Crippen LogP contribution >= 0.6 is 11.8 Å². The van der Waals surface area contributed by atoms with E-state index in [1.165, 1.54) is 38.2 Å². The second-order valence-corrected chi connectivity index (χ2v) is 4.77. The van der Waals surface area contributed by atoms with E-state index in [9.17, 15) is 0 Å². The normalized spacial score (nSPS) is 19.4. The summed E-state index contributed by atoms with van der Waals surface area (Å²) in [5.41, 5.74) is 0. The summed E-state index contributed by atoms with van der Waals surface area (Å²) in [5, 5.41) is 3.34. The van der Waals surface area contributed by atoms with Crippen LogP contribution < -0.4 is 5.32 Å². The van der Waals surface area contributed by atoms with Gasteiger partial charge >= 0.3 is 0 Å². The minimum atomic E-state index is 0.740. The van der Waals surface area contributed by atoms with E-state index in [0.717, 1.165) is 11.8 Å². The molecule has 1 aliphatic rings. The number of thioether (sulfide) groups is 1. The number of nitrogens with one attached hydrogen (secondary N) is 1. The lowest BCUT2D eigenvalue weighted by molar-refractivity contribution is 0.212. The summed E-state index contributed by atoms with van der Waals surface area (Å²) in [6.45, 7) is 3.67. The lowest BCUT2D eigenvalue weighted by atomic mass is 10.1. The van der Waals surface area contributed by atoms with Crippen molar-refractivity contribution in [1.82, 2.24) is 10.2 Å². The van der Waals surface area contributed by atoms with E-state index < -0.39 is 0 Å². The smallest absolute Gasteiger partial charge is 0.0545 e. The van der Waals surface area contributed by atoms with Crippen LogP contribution in [0.4, 0.5) is 0 Å². The molecule has 80 valence electrons. The van der Waals surface area contributed by atoms with Gasteiger partial charge in [-0.3, -0.25) is 0 Å². The molecule has 2 nitrogen and oxygen atoms in total. The lowest BCUT2D eigenvalue weighted by Crippen LogP contribution is -2.41. The molecule has 1 saturated heterocycles. The van der Waals surface area contributed by atoms with E-state index in [2.05, 4.69) is 23.2 Å². The third-order valence-corrected chi connectivity index (χ3v) is 3.58. The first-order chi connectivity index (χ1) is 6.86. The minimum Gasteiger partial charge on any atom is -0.317 e. The van der Waals surface area contributed by atoms with Gasteiger partial charge in [-0.25, -0.2) is 0 Å². The summed E-state index contributed by atoms with van der Waals surface area (Å²) in [6, 6.07) is 0.740. The molecule has 0 aromatic rings. The van der Waals surface area contributed by atoms with Gasteiger partial charge in [0, 0.05) is 18.3 Å². The van der Waals surface area contributed by atoms with Crippen LogP contribution in [0.2, 0.25) is 0 Å².